The average molecular weight is 541 g/mol. The number of halogens is 5. The van der Waals surface area contributed by atoms with Crippen molar-refractivity contribution in [2.45, 2.75) is 51.4 Å². The van der Waals surface area contributed by atoms with Crippen LogP contribution in [0.1, 0.15) is 43.9 Å². The van der Waals surface area contributed by atoms with Gasteiger partial charge in [0.2, 0.25) is 0 Å². The zero-order valence-corrected chi connectivity index (χ0v) is 21.4. The molecule has 3 heterocycles. The highest BCUT2D eigenvalue weighted by Gasteiger charge is 2.42. The number of nitrogens with one attached hydrogen (secondary N) is 1. The molecule has 0 spiro atoms. The van der Waals surface area contributed by atoms with Crippen molar-refractivity contribution in [1.82, 2.24) is 10.2 Å². The van der Waals surface area contributed by atoms with Gasteiger partial charge in [-0.1, -0.05) is 25.4 Å². The molecule has 0 saturated carbocycles. The molecule has 1 amide bonds. The van der Waals surface area contributed by atoms with Crippen LogP contribution in [0.25, 0.3) is 11.1 Å². The third-order valence-corrected chi connectivity index (χ3v) is 8.03. The number of carbonyl (C=O) groups excluding carboxylic acids is 1. The maximum Gasteiger partial charge on any atom is 0.422 e. The number of amides is 1. The highest BCUT2D eigenvalue weighted by Crippen LogP contribution is 2.47. The minimum absolute atomic E-state index is 0.0560. The molecule has 10 heteroatoms. The summed E-state index contributed by atoms with van der Waals surface area (Å²) in [5.74, 6) is -0.214. The molecule has 5 nitrogen and oxygen atoms in total. The number of piperidine rings is 3. The predicted octanol–water partition coefficient (Wildman–Crippen LogP) is 6.53. The normalized spacial score (nSPS) is 26.0. The van der Waals surface area contributed by atoms with E-state index < -0.39 is 30.7 Å². The first-order valence-corrected chi connectivity index (χ1v) is 12.8. The summed E-state index contributed by atoms with van der Waals surface area (Å²) >= 11 is 6.30. The Morgan fingerprint density at radius 2 is 1.89 bits per heavy atom. The largest absolute Gasteiger partial charge is 0.484 e. The summed E-state index contributed by atoms with van der Waals surface area (Å²) in [7, 11) is 0. The van der Waals surface area contributed by atoms with Crippen molar-refractivity contribution in [3.63, 3.8) is 0 Å². The van der Waals surface area contributed by atoms with Crippen molar-refractivity contribution in [1.29, 1.82) is 0 Å². The van der Waals surface area contributed by atoms with Crippen LogP contribution in [0.2, 0.25) is 5.02 Å². The minimum Gasteiger partial charge on any atom is -0.484 e. The lowest BCUT2D eigenvalue weighted by molar-refractivity contribution is -0.153. The summed E-state index contributed by atoms with van der Waals surface area (Å²) in [6.07, 6.45) is -2.45. The molecule has 1 aliphatic carbocycles. The van der Waals surface area contributed by atoms with Gasteiger partial charge in [0, 0.05) is 17.7 Å². The zero-order chi connectivity index (χ0) is 26.5. The lowest BCUT2D eigenvalue weighted by atomic mass is 9.85. The lowest BCUT2D eigenvalue weighted by Crippen LogP contribution is -2.53. The number of hydrogen-bond acceptors (Lipinski definition) is 4. The van der Waals surface area contributed by atoms with Gasteiger partial charge in [-0.2, -0.15) is 13.2 Å². The van der Waals surface area contributed by atoms with Gasteiger partial charge < -0.3 is 14.8 Å². The summed E-state index contributed by atoms with van der Waals surface area (Å²) in [6, 6.07) is 6.69. The molecule has 3 fully saturated rings. The summed E-state index contributed by atoms with van der Waals surface area (Å²) in [6.45, 7) is 5.41. The van der Waals surface area contributed by atoms with E-state index in [1.54, 1.807) is 6.07 Å². The maximum atomic E-state index is 15.4. The van der Waals surface area contributed by atoms with Crippen LogP contribution >= 0.6 is 11.6 Å². The van der Waals surface area contributed by atoms with E-state index in [-0.39, 0.29) is 27.9 Å². The Morgan fingerprint density at radius 3 is 2.51 bits per heavy atom. The van der Waals surface area contributed by atoms with Crippen LogP contribution < -0.4 is 10.1 Å². The van der Waals surface area contributed by atoms with Crippen LogP contribution in [0.3, 0.4) is 0 Å². The van der Waals surface area contributed by atoms with Gasteiger partial charge >= 0.3 is 12.3 Å². The Balaban J connectivity index is 1.34. The van der Waals surface area contributed by atoms with Gasteiger partial charge in [0.25, 0.3) is 0 Å². The second kappa shape index (κ2) is 9.66. The molecule has 0 aromatic heterocycles. The summed E-state index contributed by atoms with van der Waals surface area (Å²) in [5, 5.41) is 3.06. The summed E-state index contributed by atoms with van der Waals surface area (Å²) in [4.78, 5) is 15.2. The van der Waals surface area contributed by atoms with Crippen molar-refractivity contribution in [3.05, 3.63) is 52.3 Å². The predicted molar refractivity (Wildman–Crippen MR) is 131 cm³/mol. The molecule has 2 bridgehead atoms. The van der Waals surface area contributed by atoms with E-state index in [4.69, 9.17) is 21.1 Å². The van der Waals surface area contributed by atoms with Gasteiger partial charge in [-0.25, -0.2) is 9.18 Å². The SMILES string of the molecule is CC1(C)Cc2cc(-c3ccc(OCC(F)(F)F)cc3Cl)c(F)cc2[C@@H]1NC(=O)O[C@H]1CN2CCC1CC2. The van der Waals surface area contributed by atoms with Gasteiger partial charge in [0.1, 0.15) is 17.7 Å². The third-order valence-electron chi connectivity index (χ3n) is 7.72. The fourth-order valence-corrected chi connectivity index (χ4v) is 6.12. The van der Waals surface area contributed by atoms with E-state index in [0.29, 0.717) is 23.5 Å². The Bertz CT molecular complexity index is 1190. The average Bonchev–Trinajstić information content (AvgIpc) is 3.06. The van der Waals surface area contributed by atoms with E-state index in [9.17, 15) is 18.0 Å². The van der Waals surface area contributed by atoms with E-state index in [0.717, 1.165) is 38.0 Å². The minimum atomic E-state index is -4.48. The number of alkyl halides is 3. The Labute approximate surface area is 218 Å². The number of nitrogens with zero attached hydrogens (tertiary/aromatic N) is 1. The number of rotatable bonds is 5. The van der Waals surface area contributed by atoms with Crippen LogP contribution in [0, 0.1) is 17.2 Å². The number of carbonyl (C=O) groups is 1. The number of benzene rings is 2. The Kier molecular flexibility index (Phi) is 6.81. The van der Waals surface area contributed by atoms with Crippen molar-refractivity contribution >= 4 is 17.7 Å². The van der Waals surface area contributed by atoms with Crippen molar-refractivity contribution < 1.29 is 31.8 Å². The number of ether oxygens (including phenoxy) is 2. The molecule has 200 valence electrons. The molecular formula is C27H29ClF4N2O3. The van der Waals surface area contributed by atoms with E-state index in [1.807, 2.05) is 13.8 Å². The summed E-state index contributed by atoms with van der Waals surface area (Å²) in [5.41, 5.74) is 1.73. The molecular weight excluding hydrogens is 512 g/mol. The monoisotopic (exact) mass is 540 g/mol. The first kappa shape index (κ1) is 26.1. The van der Waals surface area contributed by atoms with Crippen molar-refractivity contribution in [3.8, 4) is 16.9 Å². The van der Waals surface area contributed by atoms with E-state index in [2.05, 4.69) is 10.2 Å². The first-order valence-electron chi connectivity index (χ1n) is 12.4. The fraction of sp³-hybridized carbons (Fsp3) is 0.519. The topological polar surface area (TPSA) is 50.8 Å². The first-order chi connectivity index (χ1) is 17.4. The molecule has 3 aliphatic heterocycles. The van der Waals surface area contributed by atoms with E-state index >= 15 is 4.39 Å². The summed E-state index contributed by atoms with van der Waals surface area (Å²) < 4.78 is 63.2. The van der Waals surface area contributed by atoms with E-state index in [1.165, 1.54) is 24.3 Å². The quantitative estimate of drug-likeness (QED) is 0.438. The molecule has 0 unspecified atom stereocenters. The van der Waals surface area contributed by atoms with Gasteiger partial charge in [-0.15, -0.1) is 0 Å². The van der Waals surface area contributed by atoms with Crippen LogP contribution in [-0.4, -0.2) is 49.5 Å². The molecule has 1 N–H and O–H groups in total. The Morgan fingerprint density at radius 1 is 1.16 bits per heavy atom. The number of fused-ring (bicyclic) bond motifs is 4. The molecule has 3 saturated heterocycles. The molecule has 6 rings (SSSR count). The van der Waals surface area contributed by atoms with Gasteiger partial charge in [-0.3, -0.25) is 4.90 Å². The van der Waals surface area contributed by atoms with Gasteiger partial charge in [-0.05, 0) is 85.1 Å². The highest BCUT2D eigenvalue weighted by molar-refractivity contribution is 6.33. The Hall–Kier alpha value is -2.52. The standard InChI is InChI=1S/C27H29ClF4N2O3/c1-26(2)12-16-9-20(18-4-3-17(10-21(18)28)36-14-27(30,31)32)22(29)11-19(16)24(26)33-25(35)37-23-13-34-7-5-15(23)6-8-34/h3-4,9-11,15,23-24H,5-8,12-14H2,1-2H3,(H,33,35)/t23-,24-/m0/s1. The van der Waals surface area contributed by atoms with Crippen LogP contribution in [0.4, 0.5) is 22.4 Å². The molecule has 2 atom stereocenters. The molecule has 4 aliphatic rings. The van der Waals surface area contributed by atoms with Crippen molar-refractivity contribution in [2.75, 3.05) is 26.2 Å². The maximum absolute atomic E-state index is 15.4. The van der Waals surface area contributed by atoms with Gasteiger partial charge in [0.05, 0.1) is 11.1 Å². The van der Waals surface area contributed by atoms with Crippen molar-refractivity contribution in [2.24, 2.45) is 11.3 Å². The van der Waals surface area contributed by atoms with Crippen LogP contribution in [-0.2, 0) is 11.2 Å². The van der Waals surface area contributed by atoms with Crippen LogP contribution in [0.5, 0.6) is 5.75 Å². The lowest BCUT2D eigenvalue weighted by Gasteiger charge is -2.44. The molecule has 37 heavy (non-hydrogen) atoms. The molecule has 2 aromatic rings. The van der Waals surface area contributed by atoms with Gasteiger partial charge in [0.15, 0.2) is 6.61 Å². The second-order valence-corrected chi connectivity index (χ2v) is 11.3. The smallest absolute Gasteiger partial charge is 0.422 e. The third kappa shape index (κ3) is 5.53. The fourth-order valence-electron chi connectivity index (χ4n) is 5.85. The highest BCUT2D eigenvalue weighted by atomic mass is 35.5. The zero-order valence-electron chi connectivity index (χ0n) is 20.6. The molecule has 2 aromatic carbocycles. The second-order valence-electron chi connectivity index (χ2n) is 10.9. The van der Waals surface area contributed by atoms with Crippen LogP contribution in [0.15, 0.2) is 30.3 Å². The number of hydrogen-bond donors (Lipinski definition) is 1. The molecule has 0 radical (unpaired) electrons. The number of alkyl carbamates (subject to hydrolysis) is 1.